The van der Waals surface area contributed by atoms with E-state index in [0.29, 0.717) is 24.5 Å². The molecule has 0 radical (unpaired) electrons. The van der Waals surface area contributed by atoms with Crippen LogP contribution in [0.4, 0.5) is 11.6 Å². The van der Waals surface area contributed by atoms with Crippen LogP contribution < -0.4 is 5.32 Å². The summed E-state index contributed by atoms with van der Waals surface area (Å²) in [6.07, 6.45) is 4.96. The number of hydrogen-bond donors (Lipinski definition) is 2. The Morgan fingerprint density at radius 3 is 2.50 bits per heavy atom. The Hall–Kier alpha value is -2.96. The monoisotopic (exact) mass is 326 g/mol. The number of para-hydroxylation sites is 1. The highest BCUT2D eigenvalue weighted by molar-refractivity contribution is 5.96. The number of carbonyl (C=O) groups excluding carboxylic acids is 1. The number of aliphatic carboxylic acids is 1. The van der Waals surface area contributed by atoms with Crippen molar-refractivity contribution in [3.8, 4) is 0 Å². The molecule has 1 aliphatic heterocycles. The average Bonchev–Trinajstić information content (AvgIpc) is 2.62. The minimum atomic E-state index is -0.966. The maximum absolute atomic E-state index is 12.5. The standard InChI is InChI=1S/C17H18N4O3/c22-15(21-9-5-4-8-14(21)16(23)24)12-10-18-17(19-11-12)20-13-6-2-1-3-7-13/h1-3,6-7,10-11,14H,4-5,8-9H2,(H,23,24)(H,18,19,20)/t14-/m1/s1. The Morgan fingerprint density at radius 1 is 1.12 bits per heavy atom. The zero-order chi connectivity index (χ0) is 16.9. The van der Waals surface area contributed by atoms with Gasteiger partial charge in [-0.2, -0.15) is 0 Å². The van der Waals surface area contributed by atoms with Crippen molar-refractivity contribution < 1.29 is 14.7 Å². The lowest BCUT2D eigenvalue weighted by atomic mass is 10.0. The first kappa shape index (κ1) is 15.9. The van der Waals surface area contributed by atoms with Crippen LogP contribution in [0.2, 0.25) is 0 Å². The van der Waals surface area contributed by atoms with E-state index in [2.05, 4.69) is 15.3 Å². The van der Waals surface area contributed by atoms with E-state index in [1.807, 2.05) is 30.3 Å². The number of benzene rings is 1. The Morgan fingerprint density at radius 2 is 1.83 bits per heavy atom. The molecule has 1 aliphatic rings. The zero-order valence-electron chi connectivity index (χ0n) is 13.1. The number of hydrogen-bond acceptors (Lipinski definition) is 5. The van der Waals surface area contributed by atoms with E-state index >= 15 is 0 Å². The molecule has 1 saturated heterocycles. The van der Waals surface area contributed by atoms with Crippen LogP contribution in [0, 0.1) is 0 Å². The van der Waals surface area contributed by atoms with Crippen LogP contribution >= 0.6 is 0 Å². The van der Waals surface area contributed by atoms with Gasteiger partial charge >= 0.3 is 5.97 Å². The van der Waals surface area contributed by atoms with E-state index in [9.17, 15) is 14.7 Å². The van der Waals surface area contributed by atoms with Crippen LogP contribution in [-0.4, -0.2) is 44.4 Å². The summed E-state index contributed by atoms with van der Waals surface area (Å²) in [7, 11) is 0. The van der Waals surface area contributed by atoms with Gasteiger partial charge in [-0.15, -0.1) is 0 Å². The summed E-state index contributed by atoms with van der Waals surface area (Å²) < 4.78 is 0. The topological polar surface area (TPSA) is 95.4 Å². The number of amides is 1. The van der Waals surface area contributed by atoms with Crippen molar-refractivity contribution >= 4 is 23.5 Å². The Bertz CT molecular complexity index is 718. The molecule has 2 N–H and O–H groups in total. The second-order valence-corrected chi connectivity index (χ2v) is 5.63. The number of rotatable bonds is 4. The molecule has 0 unspecified atom stereocenters. The molecule has 24 heavy (non-hydrogen) atoms. The van der Waals surface area contributed by atoms with Crippen molar-refractivity contribution in [3.05, 3.63) is 48.3 Å². The van der Waals surface area contributed by atoms with Gasteiger partial charge in [-0.1, -0.05) is 18.2 Å². The molecule has 7 heteroatoms. The number of nitrogens with zero attached hydrogens (tertiary/aromatic N) is 3. The Labute approximate surface area is 139 Å². The summed E-state index contributed by atoms with van der Waals surface area (Å²) in [4.78, 5) is 33.6. The smallest absolute Gasteiger partial charge is 0.326 e. The van der Waals surface area contributed by atoms with E-state index < -0.39 is 12.0 Å². The van der Waals surface area contributed by atoms with Crippen LogP contribution in [0.1, 0.15) is 29.6 Å². The molecule has 0 aliphatic carbocycles. The largest absolute Gasteiger partial charge is 0.480 e. The van der Waals surface area contributed by atoms with Gasteiger partial charge < -0.3 is 15.3 Å². The average molecular weight is 326 g/mol. The molecule has 1 fully saturated rings. The first-order valence-corrected chi connectivity index (χ1v) is 7.83. The first-order valence-electron chi connectivity index (χ1n) is 7.83. The SMILES string of the molecule is O=C(O)[C@H]1CCCCN1C(=O)c1cnc(Nc2ccccc2)nc1. The van der Waals surface area contributed by atoms with Crippen molar-refractivity contribution in [2.45, 2.75) is 25.3 Å². The molecule has 0 spiro atoms. The van der Waals surface area contributed by atoms with Gasteiger partial charge in [0.05, 0.1) is 5.56 Å². The lowest BCUT2D eigenvalue weighted by molar-refractivity contribution is -0.143. The number of piperidine rings is 1. The second-order valence-electron chi connectivity index (χ2n) is 5.63. The van der Waals surface area contributed by atoms with Crippen molar-refractivity contribution in [1.29, 1.82) is 0 Å². The van der Waals surface area contributed by atoms with Gasteiger partial charge in [0.1, 0.15) is 6.04 Å². The molecule has 1 aromatic heterocycles. The zero-order valence-corrected chi connectivity index (χ0v) is 13.1. The molecule has 3 rings (SSSR count). The third kappa shape index (κ3) is 3.51. The minimum Gasteiger partial charge on any atom is -0.480 e. The molecule has 1 atom stereocenters. The fraction of sp³-hybridized carbons (Fsp3) is 0.294. The fourth-order valence-electron chi connectivity index (χ4n) is 2.75. The van der Waals surface area contributed by atoms with Gasteiger partial charge in [0.15, 0.2) is 0 Å². The molecule has 124 valence electrons. The summed E-state index contributed by atoms with van der Waals surface area (Å²) in [6.45, 7) is 0.444. The van der Waals surface area contributed by atoms with E-state index in [4.69, 9.17) is 0 Å². The summed E-state index contributed by atoms with van der Waals surface area (Å²) in [6, 6.07) is 8.69. The number of carboxylic acid groups (broad SMARTS) is 1. The van der Waals surface area contributed by atoms with Crippen LogP contribution in [0.5, 0.6) is 0 Å². The highest BCUT2D eigenvalue weighted by Crippen LogP contribution is 2.20. The van der Waals surface area contributed by atoms with Crippen LogP contribution in [0.25, 0.3) is 0 Å². The fourth-order valence-corrected chi connectivity index (χ4v) is 2.75. The molecule has 2 aromatic rings. The summed E-state index contributed by atoms with van der Waals surface area (Å²) in [5.74, 6) is -0.925. The second kappa shape index (κ2) is 7.08. The van der Waals surface area contributed by atoms with Crippen LogP contribution in [0.15, 0.2) is 42.7 Å². The van der Waals surface area contributed by atoms with Crippen molar-refractivity contribution in [3.63, 3.8) is 0 Å². The molecule has 1 amide bonds. The van der Waals surface area contributed by atoms with E-state index in [1.165, 1.54) is 17.3 Å². The summed E-state index contributed by atoms with van der Waals surface area (Å²) in [5, 5.41) is 12.3. The Balaban J connectivity index is 1.72. The molecular weight excluding hydrogens is 308 g/mol. The van der Waals surface area contributed by atoms with Gasteiger partial charge in [0.2, 0.25) is 5.95 Å². The Kier molecular flexibility index (Phi) is 4.69. The number of aromatic nitrogens is 2. The first-order chi connectivity index (χ1) is 11.6. The highest BCUT2D eigenvalue weighted by Gasteiger charge is 2.32. The van der Waals surface area contributed by atoms with Crippen molar-refractivity contribution in [1.82, 2.24) is 14.9 Å². The third-order valence-corrected chi connectivity index (χ3v) is 3.98. The molecule has 0 bridgehead atoms. The van der Waals surface area contributed by atoms with Crippen molar-refractivity contribution in [2.24, 2.45) is 0 Å². The number of likely N-dealkylation sites (tertiary alicyclic amines) is 1. The van der Waals surface area contributed by atoms with E-state index in [1.54, 1.807) is 0 Å². The number of carbonyl (C=O) groups is 2. The number of anilines is 2. The van der Waals surface area contributed by atoms with Gasteiger partial charge in [-0.05, 0) is 31.4 Å². The lowest BCUT2D eigenvalue weighted by Crippen LogP contribution is -2.48. The minimum absolute atomic E-state index is 0.293. The van der Waals surface area contributed by atoms with Gasteiger partial charge in [-0.25, -0.2) is 14.8 Å². The maximum atomic E-state index is 12.5. The lowest BCUT2D eigenvalue weighted by Gasteiger charge is -2.32. The maximum Gasteiger partial charge on any atom is 0.326 e. The van der Waals surface area contributed by atoms with Gasteiger partial charge in [-0.3, -0.25) is 4.79 Å². The molecule has 7 nitrogen and oxygen atoms in total. The third-order valence-electron chi connectivity index (χ3n) is 3.98. The normalized spacial score (nSPS) is 17.3. The predicted molar refractivity (Wildman–Crippen MR) is 88.1 cm³/mol. The van der Waals surface area contributed by atoms with Crippen molar-refractivity contribution in [2.75, 3.05) is 11.9 Å². The van der Waals surface area contributed by atoms with Gasteiger partial charge in [0.25, 0.3) is 5.91 Å². The quantitative estimate of drug-likeness (QED) is 0.895. The van der Waals surface area contributed by atoms with E-state index in [0.717, 1.165) is 18.5 Å². The highest BCUT2D eigenvalue weighted by atomic mass is 16.4. The predicted octanol–water partition coefficient (Wildman–Crippen LogP) is 2.30. The number of carboxylic acids is 1. The molecule has 1 aromatic carbocycles. The van der Waals surface area contributed by atoms with Gasteiger partial charge in [0, 0.05) is 24.6 Å². The molecular formula is C17H18N4O3. The summed E-state index contributed by atoms with van der Waals surface area (Å²) >= 11 is 0. The van der Waals surface area contributed by atoms with E-state index in [-0.39, 0.29) is 5.91 Å². The van der Waals surface area contributed by atoms with Crippen LogP contribution in [-0.2, 0) is 4.79 Å². The number of nitrogens with one attached hydrogen (secondary N) is 1. The van der Waals surface area contributed by atoms with Crippen LogP contribution in [0.3, 0.4) is 0 Å². The molecule has 0 saturated carbocycles. The molecule has 2 heterocycles. The summed E-state index contributed by atoms with van der Waals surface area (Å²) in [5.41, 5.74) is 1.14.